The Labute approximate surface area is 112 Å². The summed E-state index contributed by atoms with van der Waals surface area (Å²) >= 11 is 6.18. The van der Waals surface area contributed by atoms with Gasteiger partial charge >= 0.3 is 0 Å². The van der Waals surface area contributed by atoms with Crippen LogP contribution in [0.2, 0.25) is 5.02 Å². The van der Waals surface area contributed by atoms with Gasteiger partial charge < -0.3 is 5.11 Å². The number of hydrogen-bond donors (Lipinski definition) is 1. The van der Waals surface area contributed by atoms with Gasteiger partial charge in [0.15, 0.2) is 0 Å². The molecule has 3 rings (SSSR count). The highest BCUT2D eigenvalue weighted by molar-refractivity contribution is 6.31. The smallest absolute Gasteiger partial charge is 0.0943 e. The number of halogens is 1. The summed E-state index contributed by atoms with van der Waals surface area (Å²) in [7, 11) is 0. The number of benzene rings is 2. The number of hydrogen-bond acceptors (Lipinski definition) is 1. The second-order valence-corrected chi connectivity index (χ2v) is 5.36. The van der Waals surface area contributed by atoms with Gasteiger partial charge in [0, 0.05) is 11.4 Å². The molecule has 1 aliphatic carbocycles. The molecule has 1 nitrogen and oxygen atoms in total. The van der Waals surface area contributed by atoms with Gasteiger partial charge in [0.1, 0.15) is 0 Å². The predicted molar refractivity (Wildman–Crippen MR) is 73.8 cm³/mol. The summed E-state index contributed by atoms with van der Waals surface area (Å²) in [5.74, 6) is 0. The maximum atomic E-state index is 10.9. The van der Waals surface area contributed by atoms with Crippen molar-refractivity contribution in [1.82, 2.24) is 0 Å². The zero-order valence-corrected chi connectivity index (χ0v) is 10.8. The molecule has 1 unspecified atom stereocenters. The molecule has 0 saturated heterocycles. The number of fused-ring (bicyclic) bond motifs is 1. The first kappa shape index (κ1) is 11.8. The monoisotopic (exact) mass is 258 g/mol. The second-order valence-electron chi connectivity index (χ2n) is 4.96. The van der Waals surface area contributed by atoms with Gasteiger partial charge in [0.25, 0.3) is 0 Å². The molecule has 0 amide bonds. The lowest BCUT2D eigenvalue weighted by molar-refractivity contribution is 0.0390. The largest absolute Gasteiger partial charge is 0.385 e. The van der Waals surface area contributed by atoms with Crippen LogP contribution in [0.5, 0.6) is 0 Å². The average Bonchev–Trinajstić information content (AvgIpc) is 2.71. The van der Waals surface area contributed by atoms with Crippen LogP contribution in [0, 0.1) is 0 Å². The summed E-state index contributed by atoms with van der Waals surface area (Å²) in [6.07, 6.45) is 2.30. The van der Waals surface area contributed by atoms with E-state index in [0.717, 1.165) is 29.0 Å². The lowest BCUT2D eigenvalue weighted by Gasteiger charge is -2.24. The Morgan fingerprint density at radius 3 is 2.61 bits per heavy atom. The molecule has 0 saturated carbocycles. The van der Waals surface area contributed by atoms with Gasteiger partial charge in [0.05, 0.1) is 5.60 Å². The van der Waals surface area contributed by atoms with E-state index >= 15 is 0 Å². The number of aryl methyl sites for hydroxylation is 1. The first-order valence-electron chi connectivity index (χ1n) is 6.23. The maximum Gasteiger partial charge on any atom is 0.0943 e. The summed E-state index contributed by atoms with van der Waals surface area (Å²) in [5, 5.41) is 11.6. The molecule has 2 heteroatoms. The van der Waals surface area contributed by atoms with Crippen molar-refractivity contribution < 1.29 is 5.11 Å². The third-order valence-corrected chi connectivity index (χ3v) is 4.14. The van der Waals surface area contributed by atoms with Crippen LogP contribution in [0.15, 0.2) is 48.5 Å². The van der Waals surface area contributed by atoms with Crippen molar-refractivity contribution >= 4 is 11.6 Å². The van der Waals surface area contributed by atoms with E-state index < -0.39 is 5.60 Å². The van der Waals surface area contributed by atoms with Gasteiger partial charge in [-0.15, -0.1) is 0 Å². The summed E-state index contributed by atoms with van der Waals surface area (Å²) in [6.45, 7) is 0. The van der Waals surface area contributed by atoms with E-state index in [2.05, 4.69) is 6.07 Å². The molecule has 92 valence electrons. The zero-order chi connectivity index (χ0) is 12.6. The van der Waals surface area contributed by atoms with Crippen molar-refractivity contribution in [1.29, 1.82) is 0 Å². The molecule has 1 atom stereocenters. The van der Waals surface area contributed by atoms with Crippen molar-refractivity contribution in [3.05, 3.63) is 70.2 Å². The molecule has 1 aliphatic rings. The molecule has 18 heavy (non-hydrogen) atoms. The SMILES string of the molecule is OC1(Cc2ccccc2Cl)CCc2ccccc21. The maximum absolute atomic E-state index is 10.9. The highest BCUT2D eigenvalue weighted by Gasteiger charge is 2.36. The van der Waals surface area contributed by atoms with Crippen LogP contribution in [-0.2, 0) is 18.4 Å². The fourth-order valence-corrected chi connectivity index (χ4v) is 3.01. The van der Waals surface area contributed by atoms with E-state index in [4.69, 9.17) is 11.6 Å². The molecule has 0 aliphatic heterocycles. The molecular weight excluding hydrogens is 244 g/mol. The molecule has 0 spiro atoms. The van der Waals surface area contributed by atoms with Crippen LogP contribution in [0.25, 0.3) is 0 Å². The van der Waals surface area contributed by atoms with Gasteiger partial charge in [-0.1, -0.05) is 54.1 Å². The van der Waals surface area contributed by atoms with Crippen LogP contribution in [-0.4, -0.2) is 5.11 Å². The van der Waals surface area contributed by atoms with Crippen LogP contribution in [0.1, 0.15) is 23.1 Å². The van der Waals surface area contributed by atoms with Crippen LogP contribution in [0.4, 0.5) is 0 Å². The normalized spacial score (nSPS) is 21.9. The Kier molecular flexibility index (Phi) is 2.89. The molecule has 1 N–H and O–H groups in total. The van der Waals surface area contributed by atoms with Gasteiger partial charge in [-0.2, -0.15) is 0 Å². The fourth-order valence-electron chi connectivity index (χ4n) is 2.81. The van der Waals surface area contributed by atoms with Crippen molar-refractivity contribution in [2.45, 2.75) is 24.9 Å². The summed E-state index contributed by atoms with van der Waals surface area (Å²) in [4.78, 5) is 0. The Morgan fingerprint density at radius 2 is 1.78 bits per heavy atom. The summed E-state index contributed by atoms with van der Waals surface area (Å²) in [5.41, 5.74) is 2.57. The highest BCUT2D eigenvalue weighted by atomic mass is 35.5. The van der Waals surface area contributed by atoms with Gasteiger partial charge in [-0.05, 0) is 35.6 Å². The standard InChI is InChI=1S/C16H15ClO/c17-15-8-4-2-6-13(15)11-16(18)10-9-12-5-1-3-7-14(12)16/h1-8,18H,9-11H2. The third-order valence-electron chi connectivity index (χ3n) is 3.77. The molecule has 0 heterocycles. The van der Waals surface area contributed by atoms with E-state index in [1.54, 1.807) is 0 Å². The minimum Gasteiger partial charge on any atom is -0.385 e. The number of aliphatic hydroxyl groups is 1. The van der Waals surface area contributed by atoms with Crippen molar-refractivity contribution in [2.75, 3.05) is 0 Å². The minimum absolute atomic E-state index is 0.587. The highest BCUT2D eigenvalue weighted by Crippen LogP contribution is 2.40. The molecule has 0 bridgehead atoms. The zero-order valence-electron chi connectivity index (χ0n) is 10.1. The number of rotatable bonds is 2. The second kappa shape index (κ2) is 4.42. The van der Waals surface area contributed by atoms with Crippen molar-refractivity contribution in [3.63, 3.8) is 0 Å². The summed E-state index contributed by atoms with van der Waals surface area (Å²) in [6, 6.07) is 15.9. The Balaban J connectivity index is 1.96. The molecule has 2 aromatic carbocycles. The Hall–Kier alpha value is -1.31. The average molecular weight is 259 g/mol. The Morgan fingerprint density at radius 1 is 1.06 bits per heavy atom. The fraction of sp³-hybridized carbons (Fsp3) is 0.250. The molecule has 0 radical (unpaired) electrons. The topological polar surface area (TPSA) is 20.2 Å². The van der Waals surface area contributed by atoms with E-state index in [9.17, 15) is 5.11 Å². The van der Waals surface area contributed by atoms with E-state index in [-0.39, 0.29) is 0 Å². The Bertz CT molecular complexity index is 579. The van der Waals surface area contributed by atoms with Crippen molar-refractivity contribution in [3.8, 4) is 0 Å². The van der Waals surface area contributed by atoms with Crippen LogP contribution >= 0.6 is 11.6 Å². The van der Waals surface area contributed by atoms with E-state index in [0.29, 0.717) is 6.42 Å². The lowest BCUT2D eigenvalue weighted by Crippen LogP contribution is -2.25. The first-order chi connectivity index (χ1) is 8.69. The molecule has 2 aromatic rings. The van der Waals surface area contributed by atoms with Gasteiger partial charge in [0.2, 0.25) is 0 Å². The van der Waals surface area contributed by atoms with Gasteiger partial charge in [-0.3, -0.25) is 0 Å². The van der Waals surface area contributed by atoms with Crippen LogP contribution < -0.4 is 0 Å². The van der Waals surface area contributed by atoms with Crippen LogP contribution in [0.3, 0.4) is 0 Å². The predicted octanol–water partition coefficient (Wildman–Crippen LogP) is 3.72. The third kappa shape index (κ3) is 1.94. The molecule has 0 fully saturated rings. The summed E-state index contributed by atoms with van der Waals surface area (Å²) < 4.78 is 0. The first-order valence-corrected chi connectivity index (χ1v) is 6.61. The van der Waals surface area contributed by atoms with E-state index in [1.165, 1.54) is 5.56 Å². The minimum atomic E-state index is -0.762. The lowest BCUT2D eigenvalue weighted by atomic mass is 9.89. The van der Waals surface area contributed by atoms with Crippen molar-refractivity contribution in [2.24, 2.45) is 0 Å². The molecular formula is C16H15ClO. The van der Waals surface area contributed by atoms with E-state index in [1.807, 2.05) is 42.5 Å². The van der Waals surface area contributed by atoms with Gasteiger partial charge in [-0.25, -0.2) is 0 Å². The molecule has 0 aromatic heterocycles. The quantitative estimate of drug-likeness (QED) is 0.871.